The first kappa shape index (κ1) is 10.7. The molecule has 4 heteroatoms. The minimum Gasteiger partial charge on any atom is -0.293 e. The molecule has 1 unspecified atom stereocenters. The van der Waals surface area contributed by atoms with Gasteiger partial charge in [0, 0.05) is 0 Å². The van der Waals surface area contributed by atoms with Crippen molar-refractivity contribution in [3.05, 3.63) is 34.6 Å². The van der Waals surface area contributed by atoms with Crippen molar-refractivity contribution in [2.75, 3.05) is 0 Å². The normalized spacial score (nSPS) is 12.6. The summed E-state index contributed by atoms with van der Waals surface area (Å²) in [5.74, 6) is -0.924. The van der Waals surface area contributed by atoms with Crippen molar-refractivity contribution >= 4 is 33.3 Å². The topological polar surface area (TPSA) is 17.1 Å². The van der Waals surface area contributed by atoms with Crippen LogP contribution in [0, 0.1) is 5.82 Å². The molecule has 0 radical (unpaired) electrons. The van der Waals surface area contributed by atoms with E-state index in [1.165, 1.54) is 18.2 Å². The van der Waals surface area contributed by atoms with Gasteiger partial charge in [0.05, 0.1) is 15.4 Å². The Balaban J connectivity index is 3.20. The molecule has 0 saturated carbocycles. The summed E-state index contributed by atoms with van der Waals surface area (Å²) in [5, 5.41) is 0.149. The molecule has 1 rings (SSSR count). The third kappa shape index (κ3) is 2.29. The zero-order chi connectivity index (χ0) is 10.0. The SMILES string of the molecule is CC(Br)C(=O)c1c(F)cccc1Cl. The summed E-state index contributed by atoms with van der Waals surface area (Å²) in [7, 11) is 0. The number of rotatable bonds is 2. The Hall–Kier alpha value is -0.410. The fourth-order valence-electron chi connectivity index (χ4n) is 0.932. The van der Waals surface area contributed by atoms with Crippen LogP contribution >= 0.6 is 27.5 Å². The zero-order valence-electron chi connectivity index (χ0n) is 6.85. The van der Waals surface area contributed by atoms with Gasteiger partial charge >= 0.3 is 0 Å². The van der Waals surface area contributed by atoms with Crippen LogP contribution in [0.1, 0.15) is 17.3 Å². The Morgan fingerprint density at radius 2 is 2.23 bits per heavy atom. The fraction of sp³-hybridized carbons (Fsp3) is 0.222. The maximum Gasteiger partial charge on any atom is 0.180 e. The first-order valence-corrected chi connectivity index (χ1v) is 4.95. The molecule has 0 fully saturated rings. The summed E-state index contributed by atoms with van der Waals surface area (Å²) in [6, 6.07) is 4.18. The Labute approximate surface area is 89.0 Å². The summed E-state index contributed by atoms with van der Waals surface area (Å²) in [4.78, 5) is 11.0. The van der Waals surface area contributed by atoms with Gasteiger partial charge in [-0.1, -0.05) is 33.6 Å². The molecule has 0 aliphatic carbocycles. The number of carbonyl (C=O) groups is 1. The van der Waals surface area contributed by atoms with Crippen molar-refractivity contribution in [1.82, 2.24) is 0 Å². The fourth-order valence-corrected chi connectivity index (χ4v) is 1.42. The summed E-state index contributed by atoms with van der Waals surface area (Å²) >= 11 is 8.76. The number of hydrogen-bond donors (Lipinski definition) is 0. The molecule has 0 aromatic heterocycles. The lowest BCUT2D eigenvalue weighted by Crippen LogP contribution is -2.12. The van der Waals surface area contributed by atoms with E-state index in [9.17, 15) is 9.18 Å². The molecule has 0 heterocycles. The third-order valence-corrected chi connectivity index (χ3v) is 2.30. The molecule has 13 heavy (non-hydrogen) atoms. The molecule has 1 atom stereocenters. The predicted molar refractivity (Wildman–Crippen MR) is 54.1 cm³/mol. The Bertz CT molecular complexity index is 318. The van der Waals surface area contributed by atoms with Gasteiger partial charge in [-0.05, 0) is 19.1 Å². The molecule has 1 aromatic carbocycles. The highest BCUT2D eigenvalue weighted by Crippen LogP contribution is 2.22. The zero-order valence-corrected chi connectivity index (χ0v) is 9.19. The second kappa shape index (κ2) is 4.20. The largest absolute Gasteiger partial charge is 0.293 e. The molecular weight excluding hydrogens is 258 g/mol. The maximum atomic E-state index is 13.1. The van der Waals surface area contributed by atoms with Crippen LogP contribution in [0.4, 0.5) is 4.39 Å². The summed E-state index contributed by atoms with van der Waals surface area (Å²) in [6.45, 7) is 1.63. The van der Waals surface area contributed by atoms with Gasteiger partial charge in [-0.2, -0.15) is 0 Å². The highest BCUT2D eigenvalue weighted by atomic mass is 79.9. The smallest absolute Gasteiger partial charge is 0.180 e. The van der Waals surface area contributed by atoms with E-state index in [0.29, 0.717) is 0 Å². The van der Waals surface area contributed by atoms with Gasteiger partial charge in [0.15, 0.2) is 5.78 Å². The maximum absolute atomic E-state index is 13.1. The monoisotopic (exact) mass is 264 g/mol. The highest BCUT2D eigenvalue weighted by Gasteiger charge is 2.19. The van der Waals surface area contributed by atoms with Gasteiger partial charge in [0.1, 0.15) is 5.82 Å². The lowest BCUT2D eigenvalue weighted by atomic mass is 10.1. The minimum atomic E-state index is -0.580. The van der Waals surface area contributed by atoms with E-state index in [1.807, 2.05) is 0 Å². The van der Waals surface area contributed by atoms with Crippen molar-refractivity contribution in [1.29, 1.82) is 0 Å². The third-order valence-electron chi connectivity index (χ3n) is 1.57. The van der Waals surface area contributed by atoms with Crippen LogP contribution in [0.2, 0.25) is 5.02 Å². The first-order valence-electron chi connectivity index (χ1n) is 3.66. The molecule has 0 aliphatic heterocycles. The molecule has 0 aliphatic rings. The molecule has 0 saturated heterocycles. The van der Waals surface area contributed by atoms with Crippen LogP contribution < -0.4 is 0 Å². The van der Waals surface area contributed by atoms with Gasteiger partial charge in [-0.15, -0.1) is 0 Å². The average molecular weight is 266 g/mol. The highest BCUT2D eigenvalue weighted by molar-refractivity contribution is 9.10. The van der Waals surface area contributed by atoms with Crippen molar-refractivity contribution in [2.45, 2.75) is 11.8 Å². The van der Waals surface area contributed by atoms with Crippen LogP contribution in [0.3, 0.4) is 0 Å². The molecule has 0 bridgehead atoms. The predicted octanol–water partition coefficient (Wildman–Crippen LogP) is 3.45. The van der Waals surface area contributed by atoms with E-state index in [1.54, 1.807) is 6.92 Å². The van der Waals surface area contributed by atoms with Crippen LogP contribution in [-0.4, -0.2) is 10.6 Å². The van der Waals surface area contributed by atoms with Crippen LogP contribution in [0.5, 0.6) is 0 Å². The van der Waals surface area contributed by atoms with E-state index in [0.717, 1.165) is 0 Å². The standard InChI is InChI=1S/C9H7BrClFO/c1-5(10)9(13)8-6(11)3-2-4-7(8)12/h2-5H,1H3. The molecule has 1 nitrogen and oxygen atoms in total. The summed E-state index contributed by atoms with van der Waals surface area (Å²) < 4.78 is 13.1. The molecular formula is C9H7BrClFO. The number of benzene rings is 1. The molecule has 0 amide bonds. The first-order chi connectivity index (χ1) is 6.04. The number of hydrogen-bond acceptors (Lipinski definition) is 1. The minimum absolute atomic E-state index is 0.0476. The van der Waals surface area contributed by atoms with E-state index in [-0.39, 0.29) is 16.4 Å². The van der Waals surface area contributed by atoms with Crippen molar-refractivity contribution < 1.29 is 9.18 Å². The van der Waals surface area contributed by atoms with Gasteiger partial charge in [-0.3, -0.25) is 4.79 Å². The van der Waals surface area contributed by atoms with Gasteiger partial charge in [-0.25, -0.2) is 4.39 Å². The van der Waals surface area contributed by atoms with E-state index < -0.39 is 10.6 Å². The number of Topliss-reactive ketones (excluding diaryl/α,β-unsaturated/α-hetero) is 1. The Morgan fingerprint density at radius 1 is 1.62 bits per heavy atom. The summed E-state index contributed by atoms with van der Waals surface area (Å²) in [6.07, 6.45) is 0. The van der Waals surface area contributed by atoms with Gasteiger partial charge < -0.3 is 0 Å². The summed E-state index contributed by atoms with van der Waals surface area (Å²) in [5.41, 5.74) is -0.0476. The molecule has 0 spiro atoms. The lowest BCUT2D eigenvalue weighted by molar-refractivity contribution is 0.0992. The van der Waals surface area contributed by atoms with Crippen molar-refractivity contribution in [3.63, 3.8) is 0 Å². The van der Waals surface area contributed by atoms with Crippen molar-refractivity contribution in [2.24, 2.45) is 0 Å². The second-order valence-electron chi connectivity index (χ2n) is 2.58. The number of halogens is 3. The van der Waals surface area contributed by atoms with E-state index in [2.05, 4.69) is 15.9 Å². The van der Waals surface area contributed by atoms with Crippen LogP contribution in [-0.2, 0) is 0 Å². The van der Waals surface area contributed by atoms with Gasteiger partial charge in [0.25, 0.3) is 0 Å². The van der Waals surface area contributed by atoms with Crippen LogP contribution in [0.15, 0.2) is 18.2 Å². The number of carbonyl (C=O) groups excluding carboxylic acids is 1. The van der Waals surface area contributed by atoms with Crippen molar-refractivity contribution in [3.8, 4) is 0 Å². The van der Waals surface area contributed by atoms with Gasteiger partial charge in [0.2, 0.25) is 0 Å². The lowest BCUT2D eigenvalue weighted by Gasteiger charge is -2.05. The van der Waals surface area contributed by atoms with E-state index >= 15 is 0 Å². The Morgan fingerprint density at radius 3 is 2.69 bits per heavy atom. The molecule has 0 N–H and O–H groups in total. The number of ketones is 1. The van der Waals surface area contributed by atoms with Crippen LogP contribution in [0.25, 0.3) is 0 Å². The van der Waals surface area contributed by atoms with E-state index in [4.69, 9.17) is 11.6 Å². The average Bonchev–Trinajstić information content (AvgIpc) is 2.03. The number of alkyl halides is 1. The molecule has 70 valence electrons. The molecule has 1 aromatic rings. The quantitative estimate of drug-likeness (QED) is 0.591. The Kier molecular flexibility index (Phi) is 3.45. The second-order valence-corrected chi connectivity index (χ2v) is 4.36.